The molecule has 1 unspecified atom stereocenters. The molecular formula is C26H40N2O6. The van der Waals surface area contributed by atoms with E-state index in [0.29, 0.717) is 31.9 Å². The van der Waals surface area contributed by atoms with Crippen LogP contribution in [-0.2, 0) is 25.6 Å². The molecule has 0 spiro atoms. The number of hydrogen-bond acceptors (Lipinski definition) is 6. The maximum absolute atomic E-state index is 12.3. The standard InChI is InChI=1S/C26H40N2O6/c1-6-32-23(29)15-21(20-12-13-20)14-22(18(2)28-25(31)34-26(3,4)5)16-27-24(30)33-17-19-10-8-7-9-11-19/h7-11,18,20-22H,6,12-17H2,1-5H3,(H,27,30)(H,28,31)/t18-,21?,22+/m1/s1. The van der Waals surface area contributed by atoms with Crippen molar-refractivity contribution < 1.29 is 28.6 Å². The van der Waals surface area contributed by atoms with Crippen LogP contribution in [0.15, 0.2) is 30.3 Å². The number of hydrogen-bond donors (Lipinski definition) is 2. The fourth-order valence-electron chi connectivity index (χ4n) is 3.90. The van der Waals surface area contributed by atoms with Gasteiger partial charge in [0.1, 0.15) is 12.2 Å². The van der Waals surface area contributed by atoms with Crippen LogP contribution in [0.3, 0.4) is 0 Å². The molecule has 190 valence electrons. The van der Waals surface area contributed by atoms with E-state index in [1.165, 1.54) is 0 Å². The predicted molar refractivity (Wildman–Crippen MR) is 129 cm³/mol. The van der Waals surface area contributed by atoms with Crippen molar-refractivity contribution >= 4 is 18.2 Å². The molecule has 0 heterocycles. The summed E-state index contributed by atoms with van der Waals surface area (Å²) in [5.74, 6) is 0.276. The highest BCUT2D eigenvalue weighted by Gasteiger charge is 2.36. The van der Waals surface area contributed by atoms with Crippen LogP contribution in [0.2, 0.25) is 0 Å². The lowest BCUT2D eigenvalue weighted by atomic mass is 9.85. The van der Waals surface area contributed by atoms with Crippen LogP contribution in [0.4, 0.5) is 9.59 Å². The van der Waals surface area contributed by atoms with Gasteiger partial charge in [-0.15, -0.1) is 0 Å². The van der Waals surface area contributed by atoms with Crippen LogP contribution in [0.1, 0.15) is 65.9 Å². The highest BCUT2D eigenvalue weighted by Crippen LogP contribution is 2.42. The second-order valence-corrected chi connectivity index (χ2v) is 9.98. The number of esters is 1. The molecule has 0 aliphatic heterocycles. The monoisotopic (exact) mass is 476 g/mol. The van der Waals surface area contributed by atoms with Gasteiger partial charge in [0.15, 0.2) is 0 Å². The summed E-state index contributed by atoms with van der Waals surface area (Å²) in [6.45, 7) is 9.94. The molecule has 2 amide bonds. The zero-order valence-electron chi connectivity index (χ0n) is 21.1. The Morgan fingerprint density at radius 1 is 1.06 bits per heavy atom. The van der Waals surface area contributed by atoms with E-state index in [-0.39, 0.29) is 30.5 Å². The van der Waals surface area contributed by atoms with E-state index in [9.17, 15) is 14.4 Å². The molecule has 8 heteroatoms. The fourth-order valence-corrected chi connectivity index (χ4v) is 3.90. The quantitative estimate of drug-likeness (QED) is 0.331. The normalized spacial score (nSPS) is 16.0. The largest absolute Gasteiger partial charge is 0.466 e. The maximum Gasteiger partial charge on any atom is 0.407 e. The van der Waals surface area contributed by atoms with E-state index in [1.807, 2.05) is 58.0 Å². The zero-order valence-corrected chi connectivity index (χ0v) is 21.1. The second kappa shape index (κ2) is 13.2. The summed E-state index contributed by atoms with van der Waals surface area (Å²) in [6.07, 6.45) is 2.14. The van der Waals surface area contributed by atoms with E-state index in [0.717, 1.165) is 18.4 Å². The molecule has 2 rings (SSSR count). The Bertz CT molecular complexity index is 788. The molecule has 8 nitrogen and oxygen atoms in total. The third-order valence-corrected chi connectivity index (χ3v) is 5.80. The molecule has 1 fully saturated rings. The summed E-state index contributed by atoms with van der Waals surface area (Å²) in [5.41, 5.74) is 0.289. The van der Waals surface area contributed by atoms with Crippen molar-refractivity contribution in [2.24, 2.45) is 17.8 Å². The molecule has 3 atom stereocenters. The number of carbonyl (C=O) groups excluding carboxylic acids is 3. The van der Waals surface area contributed by atoms with E-state index in [4.69, 9.17) is 14.2 Å². The van der Waals surface area contributed by atoms with Gasteiger partial charge in [0, 0.05) is 19.0 Å². The first-order chi connectivity index (χ1) is 16.1. The molecule has 0 saturated heterocycles. The van der Waals surface area contributed by atoms with Crippen molar-refractivity contribution in [1.82, 2.24) is 10.6 Å². The number of amides is 2. The van der Waals surface area contributed by atoms with Crippen LogP contribution in [0.5, 0.6) is 0 Å². The van der Waals surface area contributed by atoms with Gasteiger partial charge in [0.05, 0.1) is 6.61 Å². The van der Waals surface area contributed by atoms with Crippen LogP contribution in [-0.4, -0.2) is 43.0 Å². The van der Waals surface area contributed by atoms with Crippen molar-refractivity contribution in [2.45, 2.75) is 78.6 Å². The van der Waals surface area contributed by atoms with E-state index < -0.39 is 17.8 Å². The molecule has 2 N–H and O–H groups in total. The Hall–Kier alpha value is -2.77. The SMILES string of the molecule is CCOC(=O)CC(C[C@@H](CNC(=O)OCc1ccccc1)[C@@H](C)NC(=O)OC(C)(C)C)C1CC1. The van der Waals surface area contributed by atoms with Gasteiger partial charge in [-0.05, 0) is 77.2 Å². The minimum absolute atomic E-state index is 0.114. The summed E-state index contributed by atoms with van der Waals surface area (Å²) in [6, 6.07) is 9.17. The highest BCUT2D eigenvalue weighted by atomic mass is 16.6. The summed E-state index contributed by atoms with van der Waals surface area (Å²) in [7, 11) is 0. The van der Waals surface area contributed by atoms with Crippen LogP contribution in [0, 0.1) is 17.8 Å². The lowest BCUT2D eigenvalue weighted by molar-refractivity contribution is -0.144. The lowest BCUT2D eigenvalue weighted by Gasteiger charge is -2.30. The van der Waals surface area contributed by atoms with Gasteiger partial charge in [-0.1, -0.05) is 30.3 Å². The van der Waals surface area contributed by atoms with Gasteiger partial charge < -0.3 is 24.8 Å². The number of nitrogens with one attached hydrogen (secondary N) is 2. The Morgan fingerprint density at radius 2 is 1.74 bits per heavy atom. The molecule has 0 radical (unpaired) electrons. The molecule has 0 aromatic heterocycles. The Labute approximate surface area is 203 Å². The Balaban J connectivity index is 1.99. The Kier molecular flexibility index (Phi) is 10.7. The molecule has 1 aromatic rings. The maximum atomic E-state index is 12.3. The minimum atomic E-state index is -0.612. The number of ether oxygens (including phenoxy) is 3. The number of carbonyl (C=O) groups is 3. The third kappa shape index (κ3) is 10.9. The van der Waals surface area contributed by atoms with Gasteiger partial charge in [0.2, 0.25) is 0 Å². The van der Waals surface area contributed by atoms with Gasteiger partial charge in [-0.25, -0.2) is 9.59 Å². The first-order valence-electron chi connectivity index (χ1n) is 12.2. The smallest absolute Gasteiger partial charge is 0.407 e. The van der Waals surface area contributed by atoms with Crippen molar-refractivity contribution in [3.63, 3.8) is 0 Å². The number of benzene rings is 1. The van der Waals surface area contributed by atoms with Crippen LogP contribution < -0.4 is 10.6 Å². The average Bonchev–Trinajstić information content (AvgIpc) is 3.59. The molecule has 1 aromatic carbocycles. The summed E-state index contributed by atoms with van der Waals surface area (Å²) < 4.78 is 15.9. The molecule has 0 bridgehead atoms. The lowest BCUT2D eigenvalue weighted by Crippen LogP contribution is -2.45. The highest BCUT2D eigenvalue weighted by molar-refractivity contribution is 5.70. The number of rotatable bonds is 12. The van der Waals surface area contributed by atoms with Gasteiger partial charge in [0.25, 0.3) is 0 Å². The van der Waals surface area contributed by atoms with E-state index in [1.54, 1.807) is 6.92 Å². The third-order valence-electron chi connectivity index (χ3n) is 5.80. The summed E-state index contributed by atoms with van der Waals surface area (Å²) >= 11 is 0. The minimum Gasteiger partial charge on any atom is -0.466 e. The first-order valence-corrected chi connectivity index (χ1v) is 12.2. The summed E-state index contributed by atoms with van der Waals surface area (Å²) in [5, 5.41) is 5.72. The molecule has 1 saturated carbocycles. The van der Waals surface area contributed by atoms with Gasteiger partial charge >= 0.3 is 18.2 Å². The fraction of sp³-hybridized carbons (Fsp3) is 0.654. The topological polar surface area (TPSA) is 103 Å². The molecular weight excluding hydrogens is 436 g/mol. The van der Waals surface area contributed by atoms with Gasteiger partial charge in [-0.3, -0.25) is 4.79 Å². The Morgan fingerprint density at radius 3 is 2.32 bits per heavy atom. The van der Waals surface area contributed by atoms with Crippen LogP contribution >= 0.6 is 0 Å². The average molecular weight is 477 g/mol. The van der Waals surface area contributed by atoms with Crippen LogP contribution in [0.25, 0.3) is 0 Å². The van der Waals surface area contributed by atoms with Crippen molar-refractivity contribution in [3.05, 3.63) is 35.9 Å². The van der Waals surface area contributed by atoms with E-state index in [2.05, 4.69) is 10.6 Å². The second-order valence-electron chi connectivity index (χ2n) is 9.98. The number of alkyl carbamates (subject to hydrolysis) is 2. The predicted octanol–water partition coefficient (Wildman–Crippen LogP) is 4.81. The zero-order chi connectivity index (χ0) is 25.1. The van der Waals surface area contributed by atoms with Crippen molar-refractivity contribution in [1.29, 1.82) is 0 Å². The molecule has 1 aliphatic rings. The summed E-state index contributed by atoms with van der Waals surface area (Å²) in [4.78, 5) is 36.8. The van der Waals surface area contributed by atoms with E-state index >= 15 is 0 Å². The first kappa shape index (κ1) is 27.5. The van der Waals surface area contributed by atoms with Crippen molar-refractivity contribution in [3.8, 4) is 0 Å². The van der Waals surface area contributed by atoms with Gasteiger partial charge in [-0.2, -0.15) is 0 Å². The van der Waals surface area contributed by atoms with Crippen molar-refractivity contribution in [2.75, 3.05) is 13.2 Å². The molecule has 34 heavy (non-hydrogen) atoms. The molecule has 1 aliphatic carbocycles.